The summed E-state index contributed by atoms with van der Waals surface area (Å²) in [6.45, 7) is 3.24. The number of nitrogens with zero attached hydrogens (tertiary/aromatic N) is 1. The molecule has 1 fully saturated rings. The lowest BCUT2D eigenvalue weighted by Gasteiger charge is -2.16. The zero-order valence-electron chi connectivity index (χ0n) is 17.3. The third kappa shape index (κ3) is 5.37. The van der Waals surface area contributed by atoms with Gasteiger partial charge in [0.1, 0.15) is 5.75 Å². The molecule has 0 spiro atoms. The van der Waals surface area contributed by atoms with E-state index in [1.807, 2.05) is 0 Å². The van der Waals surface area contributed by atoms with Crippen LogP contribution in [0.2, 0.25) is 0 Å². The van der Waals surface area contributed by atoms with Gasteiger partial charge in [0, 0.05) is 42.5 Å². The van der Waals surface area contributed by atoms with Gasteiger partial charge in [-0.05, 0) is 42.8 Å². The van der Waals surface area contributed by atoms with Crippen LogP contribution in [0.1, 0.15) is 36.5 Å². The molecule has 7 heteroatoms. The van der Waals surface area contributed by atoms with E-state index in [-0.39, 0.29) is 30.1 Å². The molecular formula is C23H27N3O4. The zero-order valence-corrected chi connectivity index (χ0v) is 17.3. The van der Waals surface area contributed by atoms with Crippen molar-refractivity contribution < 1.29 is 19.1 Å². The van der Waals surface area contributed by atoms with Crippen molar-refractivity contribution in [3.8, 4) is 5.75 Å². The second-order valence-electron chi connectivity index (χ2n) is 7.35. The Balaban J connectivity index is 1.55. The predicted octanol–water partition coefficient (Wildman–Crippen LogP) is 3.53. The number of ether oxygens (including phenoxy) is 1. The van der Waals surface area contributed by atoms with Crippen LogP contribution in [0, 0.1) is 5.92 Å². The molecule has 7 nitrogen and oxygen atoms in total. The second kappa shape index (κ2) is 9.91. The fourth-order valence-electron chi connectivity index (χ4n) is 3.37. The lowest BCUT2D eigenvalue weighted by atomic mass is 10.1. The summed E-state index contributed by atoms with van der Waals surface area (Å²) >= 11 is 0. The normalized spacial score (nSPS) is 15.7. The highest BCUT2D eigenvalue weighted by molar-refractivity contribution is 6.05. The van der Waals surface area contributed by atoms with Gasteiger partial charge in [-0.25, -0.2) is 0 Å². The highest BCUT2D eigenvalue weighted by Crippen LogP contribution is 2.21. The van der Waals surface area contributed by atoms with Gasteiger partial charge in [0.05, 0.1) is 13.0 Å². The van der Waals surface area contributed by atoms with Crippen LogP contribution in [0.4, 0.5) is 11.4 Å². The van der Waals surface area contributed by atoms with Crippen LogP contribution < -0.4 is 15.4 Å². The van der Waals surface area contributed by atoms with Crippen molar-refractivity contribution in [1.29, 1.82) is 0 Å². The average Bonchev–Trinajstić information content (AvgIpc) is 3.13. The molecule has 0 aliphatic carbocycles. The van der Waals surface area contributed by atoms with E-state index in [0.29, 0.717) is 35.8 Å². The molecule has 1 saturated heterocycles. The molecule has 0 radical (unpaired) electrons. The first-order valence-corrected chi connectivity index (χ1v) is 10.1. The number of hydrogen-bond acceptors (Lipinski definition) is 4. The van der Waals surface area contributed by atoms with Crippen LogP contribution >= 0.6 is 0 Å². The quantitative estimate of drug-likeness (QED) is 0.698. The van der Waals surface area contributed by atoms with Crippen molar-refractivity contribution in [1.82, 2.24) is 4.90 Å². The maximum absolute atomic E-state index is 12.5. The van der Waals surface area contributed by atoms with Crippen LogP contribution in [-0.4, -0.2) is 42.8 Å². The van der Waals surface area contributed by atoms with E-state index < -0.39 is 0 Å². The van der Waals surface area contributed by atoms with Gasteiger partial charge < -0.3 is 20.3 Å². The SMILES string of the molecule is CCCCN1C[C@H](C(=O)Nc2ccc(C(=O)Nc3cccc(OC)c3)cc2)CC1=O. The number of benzene rings is 2. The molecule has 1 aliphatic heterocycles. The number of amides is 3. The zero-order chi connectivity index (χ0) is 21.5. The van der Waals surface area contributed by atoms with Crippen LogP contribution in [-0.2, 0) is 9.59 Å². The summed E-state index contributed by atoms with van der Waals surface area (Å²) in [5.74, 6) is -0.0758. The van der Waals surface area contributed by atoms with Crippen LogP contribution in [0.5, 0.6) is 5.75 Å². The molecule has 30 heavy (non-hydrogen) atoms. The van der Waals surface area contributed by atoms with Crippen LogP contribution in [0.3, 0.4) is 0 Å². The number of carbonyl (C=O) groups excluding carboxylic acids is 3. The Morgan fingerprint density at radius 2 is 1.87 bits per heavy atom. The summed E-state index contributed by atoms with van der Waals surface area (Å²) in [5, 5.41) is 5.66. The van der Waals surface area contributed by atoms with Crippen LogP contribution in [0.25, 0.3) is 0 Å². The van der Waals surface area contributed by atoms with Gasteiger partial charge in [-0.2, -0.15) is 0 Å². The number of anilines is 2. The van der Waals surface area contributed by atoms with Gasteiger partial charge in [-0.3, -0.25) is 14.4 Å². The number of methoxy groups -OCH3 is 1. The highest BCUT2D eigenvalue weighted by Gasteiger charge is 2.33. The van der Waals surface area contributed by atoms with Gasteiger partial charge >= 0.3 is 0 Å². The van der Waals surface area contributed by atoms with Crippen LogP contribution in [0.15, 0.2) is 48.5 Å². The lowest BCUT2D eigenvalue weighted by Crippen LogP contribution is -2.29. The molecule has 2 aromatic carbocycles. The van der Waals surface area contributed by atoms with E-state index in [1.54, 1.807) is 60.5 Å². The summed E-state index contributed by atoms with van der Waals surface area (Å²) in [7, 11) is 1.57. The summed E-state index contributed by atoms with van der Waals surface area (Å²) in [6, 6.07) is 13.8. The molecule has 3 amide bonds. The molecule has 1 atom stereocenters. The Kier molecular flexibility index (Phi) is 7.06. The van der Waals surface area contributed by atoms with Gasteiger partial charge in [-0.1, -0.05) is 19.4 Å². The topological polar surface area (TPSA) is 87.7 Å². The van der Waals surface area contributed by atoms with Gasteiger partial charge in [-0.15, -0.1) is 0 Å². The van der Waals surface area contributed by atoms with Crippen molar-refractivity contribution in [3.63, 3.8) is 0 Å². The van der Waals surface area contributed by atoms with Crippen molar-refractivity contribution in [2.24, 2.45) is 5.92 Å². The van der Waals surface area contributed by atoms with Crippen molar-refractivity contribution in [2.75, 3.05) is 30.8 Å². The van der Waals surface area contributed by atoms with Crippen molar-refractivity contribution in [3.05, 3.63) is 54.1 Å². The molecular weight excluding hydrogens is 382 g/mol. The Morgan fingerprint density at radius 1 is 1.10 bits per heavy atom. The molecule has 0 saturated carbocycles. The fourth-order valence-corrected chi connectivity index (χ4v) is 3.37. The molecule has 0 unspecified atom stereocenters. The Labute approximate surface area is 176 Å². The number of rotatable bonds is 8. The first-order valence-electron chi connectivity index (χ1n) is 10.1. The lowest BCUT2D eigenvalue weighted by molar-refractivity contribution is -0.128. The first-order chi connectivity index (χ1) is 14.5. The molecule has 2 aromatic rings. The summed E-state index contributed by atoms with van der Waals surface area (Å²) in [4.78, 5) is 38.8. The Bertz CT molecular complexity index is 911. The minimum Gasteiger partial charge on any atom is -0.497 e. The minimum absolute atomic E-state index is 0.0353. The minimum atomic E-state index is -0.342. The molecule has 0 aromatic heterocycles. The van der Waals surface area contributed by atoms with E-state index in [9.17, 15) is 14.4 Å². The molecule has 1 aliphatic rings. The predicted molar refractivity (Wildman–Crippen MR) is 116 cm³/mol. The van der Waals surface area contributed by atoms with E-state index in [1.165, 1.54) is 0 Å². The van der Waals surface area contributed by atoms with Gasteiger partial charge in [0.15, 0.2) is 0 Å². The molecule has 3 rings (SSSR count). The molecule has 0 bridgehead atoms. The molecule has 1 heterocycles. The van der Waals surface area contributed by atoms with E-state index in [0.717, 1.165) is 12.8 Å². The summed E-state index contributed by atoms with van der Waals surface area (Å²) < 4.78 is 5.15. The van der Waals surface area contributed by atoms with Crippen molar-refractivity contribution >= 4 is 29.1 Å². The van der Waals surface area contributed by atoms with E-state index >= 15 is 0 Å². The fraction of sp³-hybridized carbons (Fsp3) is 0.348. The highest BCUT2D eigenvalue weighted by atomic mass is 16.5. The Hall–Kier alpha value is -3.35. The third-order valence-corrected chi connectivity index (χ3v) is 5.11. The summed E-state index contributed by atoms with van der Waals surface area (Å²) in [5.41, 5.74) is 1.70. The number of carbonyl (C=O) groups is 3. The largest absolute Gasteiger partial charge is 0.497 e. The second-order valence-corrected chi connectivity index (χ2v) is 7.35. The monoisotopic (exact) mass is 409 g/mol. The van der Waals surface area contributed by atoms with E-state index in [4.69, 9.17) is 4.74 Å². The number of unbranched alkanes of at least 4 members (excludes halogenated alkanes) is 1. The molecule has 2 N–H and O–H groups in total. The standard InChI is InChI=1S/C23H27N3O4/c1-3-4-12-26-15-17(13-21(26)27)23(29)24-18-10-8-16(9-11-18)22(28)25-19-6-5-7-20(14-19)30-2/h5-11,14,17H,3-4,12-13,15H2,1-2H3,(H,24,29)(H,25,28)/t17-/m1/s1. The maximum Gasteiger partial charge on any atom is 0.255 e. The Morgan fingerprint density at radius 3 is 2.57 bits per heavy atom. The first kappa shape index (κ1) is 21.4. The maximum atomic E-state index is 12.5. The third-order valence-electron chi connectivity index (χ3n) is 5.11. The number of hydrogen-bond donors (Lipinski definition) is 2. The molecule has 158 valence electrons. The number of nitrogens with one attached hydrogen (secondary N) is 2. The van der Waals surface area contributed by atoms with Gasteiger partial charge in [0.2, 0.25) is 11.8 Å². The van der Waals surface area contributed by atoms with E-state index in [2.05, 4.69) is 17.6 Å². The van der Waals surface area contributed by atoms with Crippen molar-refractivity contribution in [2.45, 2.75) is 26.2 Å². The van der Waals surface area contributed by atoms with Gasteiger partial charge in [0.25, 0.3) is 5.91 Å². The average molecular weight is 409 g/mol. The number of likely N-dealkylation sites (tertiary alicyclic amines) is 1. The summed E-state index contributed by atoms with van der Waals surface area (Å²) in [6.07, 6.45) is 2.20. The smallest absolute Gasteiger partial charge is 0.255 e.